The number of rotatable bonds is 11. The van der Waals surface area contributed by atoms with Gasteiger partial charge in [0.1, 0.15) is 5.75 Å². The molecule has 0 aromatic heterocycles. The first-order chi connectivity index (χ1) is 14.0. The monoisotopic (exact) mass is 413 g/mol. The highest BCUT2D eigenvalue weighted by molar-refractivity contribution is 5.79. The van der Waals surface area contributed by atoms with Gasteiger partial charge in [0.05, 0.1) is 6.10 Å². The number of aliphatic imine (C=N–C) groups is 1. The summed E-state index contributed by atoms with van der Waals surface area (Å²) in [6.45, 7) is 1.56. The van der Waals surface area contributed by atoms with Crippen LogP contribution in [0, 0.1) is 5.41 Å². The van der Waals surface area contributed by atoms with E-state index in [1.165, 1.54) is 25.0 Å². The van der Waals surface area contributed by atoms with Gasteiger partial charge in [-0.2, -0.15) is 8.78 Å². The first-order valence-corrected chi connectivity index (χ1v) is 10.2. The van der Waals surface area contributed by atoms with Crippen LogP contribution in [-0.2, 0) is 4.74 Å². The number of hydrogen-bond acceptors (Lipinski definition) is 4. The van der Waals surface area contributed by atoms with E-state index in [-0.39, 0.29) is 17.7 Å². The molecule has 1 aromatic rings. The number of methoxy groups -OCH3 is 1. The highest BCUT2D eigenvalue weighted by Crippen LogP contribution is 2.41. The second-order valence-electron chi connectivity index (χ2n) is 7.49. The largest absolute Gasteiger partial charge is 0.435 e. The van der Waals surface area contributed by atoms with Crippen LogP contribution in [0.3, 0.4) is 0 Å². The SMILES string of the molecule is CCNC(=NCC1(CCOC)CCCC1)NCC(O)c1ccc(OC(F)F)cc1. The number of guanidine groups is 1. The Bertz CT molecular complexity index is 620. The van der Waals surface area contributed by atoms with Crippen molar-refractivity contribution in [2.45, 2.75) is 51.7 Å². The first-order valence-electron chi connectivity index (χ1n) is 10.2. The quantitative estimate of drug-likeness (QED) is 0.383. The lowest BCUT2D eigenvalue weighted by Gasteiger charge is -2.27. The van der Waals surface area contributed by atoms with Gasteiger partial charge < -0.3 is 25.2 Å². The summed E-state index contributed by atoms with van der Waals surface area (Å²) in [4.78, 5) is 4.76. The molecule has 3 N–H and O–H groups in total. The van der Waals surface area contributed by atoms with Crippen molar-refractivity contribution in [3.8, 4) is 5.75 Å². The van der Waals surface area contributed by atoms with Gasteiger partial charge in [-0.15, -0.1) is 0 Å². The van der Waals surface area contributed by atoms with Gasteiger partial charge in [0.25, 0.3) is 0 Å². The van der Waals surface area contributed by atoms with Crippen molar-refractivity contribution in [1.29, 1.82) is 0 Å². The van der Waals surface area contributed by atoms with Crippen LogP contribution in [0.25, 0.3) is 0 Å². The zero-order valence-corrected chi connectivity index (χ0v) is 17.3. The summed E-state index contributed by atoms with van der Waals surface area (Å²) in [5, 5.41) is 16.8. The maximum absolute atomic E-state index is 12.2. The molecule has 0 saturated heterocycles. The molecule has 29 heavy (non-hydrogen) atoms. The Morgan fingerprint density at radius 3 is 2.48 bits per heavy atom. The number of halogens is 2. The average molecular weight is 414 g/mol. The van der Waals surface area contributed by atoms with Crippen LogP contribution in [0.15, 0.2) is 29.3 Å². The summed E-state index contributed by atoms with van der Waals surface area (Å²) in [5.74, 6) is 0.727. The zero-order chi connectivity index (χ0) is 21.1. The summed E-state index contributed by atoms with van der Waals surface area (Å²) >= 11 is 0. The van der Waals surface area contributed by atoms with E-state index in [4.69, 9.17) is 9.73 Å². The molecule has 2 rings (SSSR count). The highest BCUT2D eigenvalue weighted by atomic mass is 19.3. The molecule has 6 nitrogen and oxygen atoms in total. The molecule has 1 saturated carbocycles. The molecule has 1 aliphatic carbocycles. The minimum Gasteiger partial charge on any atom is -0.435 e. The summed E-state index contributed by atoms with van der Waals surface area (Å²) in [7, 11) is 1.73. The topological polar surface area (TPSA) is 75.1 Å². The van der Waals surface area contributed by atoms with E-state index >= 15 is 0 Å². The predicted octanol–water partition coefficient (Wildman–Crippen LogP) is 3.47. The van der Waals surface area contributed by atoms with Gasteiger partial charge in [-0.05, 0) is 49.3 Å². The van der Waals surface area contributed by atoms with Crippen LogP contribution < -0.4 is 15.4 Å². The fourth-order valence-corrected chi connectivity index (χ4v) is 3.70. The maximum Gasteiger partial charge on any atom is 0.387 e. The number of hydrogen-bond donors (Lipinski definition) is 3. The molecule has 1 atom stereocenters. The number of alkyl halides is 2. The molecule has 0 spiro atoms. The maximum atomic E-state index is 12.2. The van der Waals surface area contributed by atoms with Crippen molar-refractivity contribution in [1.82, 2.24) is 10.6 Å². The predicted molar refractivity (Wildman–Crippen MR) is 109 cm³/mol. The normalized spacial score (nSPS) is 17.4. The molecule has 0 amide bonds. The summed E-state index contributed by atoms with van der Waals surface area (Å²) in [6.07, 6.45) is 4.99. The lowest BCUT2D eigenvalue weighted by molar-refractivity contribution is -0.0498. The minimum atomic E-state index is -2.86. The van der Waals surface area contributed by atoms with Crippen LogP contribution in [-0.4, -0.2) is 51.0 Å². The number of nitrogens with one attached hydrogen (secondary N) is 2. The number of nitrogens with zero attached hydrogens (tertiary/aromatic N) is 1. The fourth-order valence-electron chi connectivity index (χ4n) is 3.70. The van der Waals surface area contributed by atoms with Crippen molar-refractivity contribution >= 4 is 5.96 Å². The molecule has 0 bridgehead atoms. The third-order valence-electron chi connectivity index (χ3n) is 5.37. The fraction of sp³-hybridized carbons (Fsp3) is 0.667. The van der Waals surface area contributed by atoms with E-state index in [1.807, 2.05) is 6.92 Å². The Labute approximate surface area is 171 Å². The van der Waals surface area contributed by atoms with Gasteiger partial charge in [-0.25, -0.2) is 0 Å². The second-order valence-corrected chi connectivity index (χ2v) is 7.49. The van der Waals surface area contributed by atoms with E-state index in [0.29, 0.717) is 18.1 Å². The van der Waals surface area contributed by atoms with E-state index in [0.717, 1.165) is 32.4 Å². The Kier molecular flexibility index (Phi) is 9.60. The Balaban J connectivity index is 1.92. The number of benzene rings is 1. The Morgan fingerprint density at radius 2 is 1.90 bits per heavy atom. The van der Waals surface area contributed by atoms with Gasteiger partial charge in [-0.3, -0.25) is 4.99 Å². The molecular formula is C21H33F2N3O3. The van der Waals surface area contributed by atoms with Crippen molar-refractivity contribution in [3.05, 3.63) is 29.8 Å². The smallest absolute Gasteiger partial charge is 0.387 e. The lowest BCUT2D eigenvalue weighted by Crippen LogP contribution is -2.40. The van der Waals surface area contributed by atoms with Crippen molar-refractivity contribution in [2.75, 3.05) is 33.4 Å². The van der Waals surface area contributed by atoms with E-state index in [1.54, 1.807) is 19.2 Å². The Hall–Kier alpha value is -1.93. The van der Waals surface area contributed by atoms with Crippen molar-refractivity contribution in [2.24, 2.45) is 10.4 Å². The number of aliphatic hydroxyl groups is 1. The molecule has 1 unspecified atom stereocenters. The molecule has 0 radical (unpaired) electrons. The van der Waals surface area contributed by atoms with Gasteiger partial charge in [-0.1, -0.05) is 25.0 Å². The van der Waals surface area contributed by atoms with Crippen LogP contribution in [0.2, 0.25) is 0 Å². The zero-order valence-electron chi connectivity index (χ0n) is 17.3. The first kappa shape index (κ1) is 23.3. The van der Waals surface area contributed by atoms with Crippen LogP contribution in [0.1, 0.15) is 50.7 Å². The molecule has 0 aliphatic heterocycles. The van der Waals surface area contributed by atoms with Crippen molar-refractivity contribution < 1.29 is 23.4 Å². The van der Waals surface area contributed by atoms with Gasteiger partial charge in [0.15, 0.2) is 5.96 Å². The molecule has 1 aromatic carbocycles. The number of aliphatic hydroxyl groups excluding tert-OH is 1. The van der Waals surface area contributed by atoms with E-state index in [9.17, 15) is 13.9 Å². The van der Waals surface area contributed by atoms with Crippen molar-refractivity contribution in [3.63, 3.8) is 0 Å². The summed E-state index contributed by atoms with van der Waals surface area (Å²) in [5.41, 5.74) is 0.805. The third-order valence-corrected chi connectivity index (χ3v) is 5.37. The molecule has 1 fully saturated rings. The average Bonchev–Trinajstić information content (AvgIpc) is 3.17. The second kappa shape index (κ2) is 11.9. The summed E-state index contributed by atoms with van der Waals surface area (Å²) < 4.78 is 34.1. The lowest BCUT2D eigenvalue weighted by atomic mass is 9.83. The van der Waals surface area contributed by atoms with Gasteiger partial charge in [0.2, 0.25) is 0 Å². The van der Waals surface area contributed by atoms with Gasteiger partial charge >= 0.3 is 6.61 Å². The van der Waals surface area contributed by atoms with E-state index < -0.39 is 12.7 Å². The molecule has 8 heteroatoms. The van der Waals surface area contributed by atoms with Crippen LogP contribution >= 0.6 is 0 Å². The van der Waals surface area contributed by atoms with Crippen LogP contribution in [0.5, 0.6) is 5.75 Å². The third kappa shape index (κ3) is 7.78. The molecule has 0 heterocycles. The molecule has 164 valence electrons. The molecule has 1 aliphatic rings. The Morgan fingerprint density at radius 1 is 1.21 bits per heavy atom. The van der Waals surface area contributed by atoms with E-state index in [2.05, 4.69) is 15.4 Å². The summed E-state index contributed by atoms with van der Waals surface area (Å²) in [6, 6.07) is 5.99. The van der Waals surface area contributed by atoms with Crippen LogP contribution in [0.4, 0.5) is 8.78 Å². The highest BCUT2D eigenvalue weighted by Gasteiger charge is 2.33. The molecular weight excluding hydrogens is 380 g/mol. The standard InChI is InChI=1S/C21H33F2N3O3/c1-3-24-20(26-15-21(12-13-28-2)10-4-5-11-21)25-14-18(27)16-6-8-17(9-7-16)29-19(22)23/h6-9,18-19,27H,3-5,10-15H2,1-2H3,(H2,24,25,26). The van der Waals surface area contributed by atoms with Gasteiger partial charge in [0, 0.05) is 33.4 Å². The number of ether oxygens (including phenoxy) is 2. The minimum absolute atomic E-state index is 0.0664.